The van der Waals surface area contributed by atoms with Gasteiger partial charge >= 0.3 is 0 Å². The third kappa shape index (κ3) is 4.92. The second kappa shape index (κ2) is 7.53. The highest BCUT2D eigenvalue weighted by Gasteiger charge is 2.37. The molecular formula is C12H27Cl2N3O. The average Bonchev–Trinajstić information content (AvgIpc) is 2.62. The van der Waals surface area contributed by atoms with Crippen LogP contribution in [0, 0.1) is 0 Å². The highest BCUT2D eigenvalue weighted by Crippen LogP contribution is 2.27. The summed E-state index contributed by atoms with van der Waals surface area (Å²) in [4.78, 5) is 14.1. The zero-order valence-electron chi connectivity index (χ0n) is 11.8. The number of nitrogens with one attached hydrogen (secondary N) is 1. The van der Waals surface area contributed by atoms with E-state index in [9.17, 15) is 4.79 Å². The molecule has 1 aliphatic rings. The van der Waals surface area contributed by atoms with Crippen molar-refractivity contribution in [2.45, 2.75) is 50.6 Å². The molecule has 1 fully saturated rings. The predicted octanol–water partition coefficient (Wildman–Crippen LogP) is 1.56. The molecule has 1 rings (SSSR count). The second-order valence-corrected chi connectivity index (χ2v) is 5.75. The van der Waals surface area contributed by atoms with Crippen molar-refractivity contribution in [1.29, 1.82) is 0 Å². The normalized spacial score (nSPS) is 17.9. The minimum absolute atomic E-state index is 0. The summed E-state index contributed by atoms with van der Waals surface area (Å²) in [7, 11) is 4.03. The van der Waals surface area contributed by atoms with E-state index in [4.69, 9.17) is 5.73 Å². The van der Waals surface area contributed by atoms with Crippen molar-refractivity contribution in [2.24, 2.45) is 5.73 Å². The molecule has 4 nitrogen and oxygen atoms in total. The lowest BCUT2D eigenvalue weighted by Crippen LogP contribution is -2.56. The molecule has 0 aromatic carbocycles. The number of nitrogens with two attached hydrogens (primary N) is 1. The molecule has 1 aliphatic carbocycles. The van der Waals surface area contributed by atoms with Crippen molar-refractivity contribution in [3.8, 4) is 0 Å². The van der Waals surface area contributed by atoms with Crippen LogP contribution in [0.25, 0.3) is 0 Å². The lowest BCUT2D eigenvalue weighted by molar-refractivity contribution is -0.126. The number of likely N-dealkylation sites (N-methyl/N-ethyl adjacent to an activating group) is 1. The third-order valence-electron chi connectivity index (χ3n) is 3.84. The van der Waals surface area contributed by atoms with Crippen LogP contribution in [0.4, 0.5) is 0 Å². The first-order chi connectivity index (χ1) is 7.28. The summed E-state index contributed by atoms with van der Waals surface area (Å²) in [6.45, 7) is 4.84. The van der Waals surface area contributed by atoms with E-state index < -0.39 is 5.54 Å². The van der Waals surface area contributed by atoms with Gasteiger partial charge in [0.15, 0.2) is 0 Å². The molecule has 1 saturated carbocycles. The van der Waals surface area contributed by atoms with Gasteiger partial charge in [-0.05, 0) is 40.8 Å². The summed E-state index contributed by atoms with van der Waals surface area (Å²) < 4.78 is 0. The van der Waals surface area contributed by atoms with E-state index in [2.05, 4.69) is 24.1 Å². The Bertz CT molecular complexity index is 264. The summed E-state index contributed by atoms with van der Waals surface area (Å²) in [6.07, 6.45) is 3.78. The Morgan fingerprint density at radius 2 is 1.72 bits per heavy atom. The van der Waals surface area contributed by atoms with Crippen LogP contribution in [0.1, 0.15) is 39.5 Å². The summed E-state index contributed by atoms with van der Waals surface area (Å²) in [5.41, 5.74) is 5.44. The smallest absolute Gasteiger partial charge is 0.240 e. The van der Waals surface area contributed by atoms with E-state index in [1.807, 2.05) is 14.1 Å². The number of amides is 1. The average molecular weight is 300 g/mol. The number of carbonyl (C=O) groups is 1. The standard InChI is InChI=1S/C12H25N3O.2ClH/c1-11(2,15(3)4)9-14-10(16)12(13)7-5-6-8-12;;/h5-9,13H2,1-4H3,(H,14,16);2*1H. The van der Waals surface area contributed by atoms with E-state index in [1.165, 1.54) is 0 Å². The molecule has 0 aromatic rings. The van der Waals surface area contributed by atoms with Gasteiger partial charge in [-0.15, -0.1) is 24.8 Å². The number of hydrogen-bond donors (Lipinski definition) is 2. The van der Waals surface area contributed by atoms with Crippen molar-refractivity contribution in [2.75, 3.05) is 20.6 Å². The van der Waals surface area contributed by atoms with E-state index in [1.54, 1.807) is 0 Å². The molecule has 6 heteroatoms. The molecule has 110 valence electrons. The Kier molecular flexibility index (Phi) is 8.49. The number of carbonyl (C=O) groups excluding carboxylic acids is 1. The minimum atomic E-state index is -0.609. The highest BCUT2D eigenvalue weighted by molar-refractivity contribution is 5.86. The predicted molar refractivity (Wildman–Crippen MR) is 80.7 cm³/mol. The zero-order valence-corrected chi connectivity index (χ0v) is 13.4. The Labute approximate surface area is 123 Å². The van der Waals surface area contributed by atoms with Gasteiger partial charge in [-0.1, -0.05) is 12.8 Å². The van der Waals surface area contributed by atoms with E-state index >= 15 is 0 Å². The SMILES string of the molecule is CN(C)C(C)(C)CNC(=O)C1(N)CCCC1.Cl.Cl. The lowest BCUT2D eigenvalue weighted by atomic mass is 9.97. The van der Waals surface area contributed by atoms with Gasteiger partial charge in [0.2, 0.25) is 5.91 Å². The fourth-order valence-electron chi connectivity index (χ4n) is 1.86. The monoisotopic (exact) mass is 299 g/mol. The number of hydrogen-bond acceptors (Lipinski definition) is 3. The molecule has 0 unspecified atom stereocenters. The molecule has 3 N–H and O–H groups in total. The van der Waals surface area contributed by atoms with Crippen LogP contribution in [0.3, 0.4) is 0 Å². The topological polar surface area (TPSA) is 58.4 Å². The fraction of sp³-hybridized carbons (Fsp3) is 0.917. The Morgan fingerprint density at radius 1 is 1.28 bits per heavy atom. The van der Waals surface area contributed by atoms with Crippen molar-refractivity contribution in [3.05, 3.63) is 0 Å². The van der Waals surface area contributed by atoms with Crippen LogP contribution < -0.4 is 11.1 Å². The Balaban J connectivity index is 0. The zero-order chi connectivity index (χ0) is 12.4. The van der Waals surface area contributed by atoms with Crippen LogP contribution in [-0.4, -0.2) is 42.5 Å². The number of rotatable bonds is 4. The van der Waals surface area contributed by atoms with Crippen molar-refractivity contribution in [3.63, 3.8) is 0 Å². The third-order valence-corrected chi connectivity index (χ3v) is 3.84. The van der Waals surface area contributed by atoms with Gasteiger partial charge in [0.1, 0.15) is 0 Å². The van der Waals surface area contributed by atoms with Crippen LogP contribution in [0.2, 0.25) is 0 Å². The Morgan fingerprint density at radius 3 is 2.11 bits per heavy atom. The lowest BCUT2D eigenvalue weighted by Gasteiger charge is -2.34. The van der Waals surface area contributed by atoms with Gasteiger partial charge in [0.05, 0.1) is 5.54 Å². The van der Waals surface area contributed by atoms with Crippen LogP contribution in [0.15, 0.2) is 0 Å². The van der Waals surface area contributed by atoms with Gasteiger partial charge in [-0.25, -0.2) is 0 Å². The fourth-order valence-corrected chi connectivity index (χ4v) is 1.86. The molecule has 0 spiro atoms. The van der Waals surface area contributed by atoms with Crippen LogP contribution >= 0.6 is 24.8 Å². The second-order valence-electron chi connectivity index (χ2n) is 5.75. The van der Waals surface area contributed by atoms with Gasteiger partial charge < -0.3 is 16.0 Å². The quantitative estimate of drug-likeness (QED) is 0.828. The first-order valence-electron chi connectivity index (χ1n) is 6.03. The summed E-state index contributed by atoms with van der Waals surface area (Å²) >= 11 is 0. The van der Waals surface area contributed by atoms with Crippen molar-refractivity contribution >= 4 is 30.7 Å². The molecule has 0 bridgehead atoms. The highest BCUT2D eigenvalue weighted by atomic mass is 35.5. The van der Waals surface area contributed by atoms with Gasteiger partial charge in [0, 0.05) is 12.1 Å². The first-order valence-corrected chi connectivity index (χ1v) is 6.03. The molecule has 0 aliphatic heterocycles. The van der Waals surface area contributed by atoms with Crippen LogP contribution in [0.5, 0.6) is 0 Å². The molecule has 0 heterocycles. The Hall–Kier alpha value is -0.0300. The minimum Gasteiger partial charge on any atom is -0.353 e. The maximum atomic E-state index is 12.0. The first kappa shape index (κ1) is 20.3. The van der Waals surface area contributed by atoms with Crippen LogP contribution in [-0.2, 0) is 4.79 Å². The molecule has 0 aromatic heterocycles. The summed E-state index contributed by atoms with van der Waals surface area (Å²) in [5.74, 6) is 0.0138. The summed E-state index contributed by atoms with van der Waals surface area (Å²) in [6, 6.07) is 0. The molecule has 0 radical (unpaired) electrons. The molecule has 0 saturated heterocycles. The maximum Gasteiger partial charge on any atom is 0.240 e. The van der Waals surface area contributed by atoms with Crippen molar-refractivity contribution < 1.29 is 4.79 Å². The largest absolute Gasteiger partial charge is 0.353 e. The van der Waals surface area contributed by atoms with E-state index in [-0.39, 0.29) is 36.3 Å². The van der Waals surface area contributed by atoms with Gasteiger partial charge in [-0.2, -0.15) is 0 Å². The molecule has 18 heavy (non-hydrogen) atoms. The number of nitrogens with zero attached hydrogens (tertiary/aromatic N) is 1. The van der Waals surface area contributed by atoms with Gasteiger partial charge in [-0.3, -0.25) is 4.79 Å². The van der Waals surface area contributed by atoms with Gasteiger partial charge in [0.25, 0.3) is 0 Å². The molecule has 1 amide bonds. The maximum absolute atomic E-state index is 12.0. The van der Waals surface area contributed by atoms with Crippen molar-refractivity contribution in [1.82, 2.24) is 10.2 Å². The number of halogens is 2. The molecule has 0 atom stereocenters. The summed E-state index contributed by atoms with van der Waals surface area (Å²) in [5, 5.41) is 2.98. The van der Waals surface area contributed by atoms with E-state index in [0.29, 0.717) is 6.54 Å². The van der Waals surface area contributed by atoms with E-state index in [0.717, 1.165) is 25.7 Å². The molecular weight excluding hydrogens is 273 g/mol.